The molecule has 0 spiro atoms. The highest BCUT2D eigenvalue weighted by Gasteiger charge is 2.21. The fraction of sp³-hybridized carbons (Fsp3) is 0.278. The summed E-state index contributed by atoms with van der Waals surface area (Å²) in [5, 5.41) is 4.49. The van der Waals surface area contributed by atoms with Gasteiger partial charge >= 0.3 is 5.97 Å². The number of nitrogens with one attached hydrogen (secondary N) is 1. The van der Waals surface area contributed by atoms with Gasteiger partial charge in [0.1, 0.15) is 10.8 Å². The third kappa shape index (κ3) is 5.06. The number of rotatable bonds is 7. The Labute approximate surface area is 155 Å². The fourth-order valence-electron chi connectivity index (χ4n) is 2.04. The Bertz CT molecular complexity index is 798. The lowest BCUT2D eigenvalue weighted by Crippen LogP contribution is -2.30. The number of benzene rings is 1. The zero-order chi connectivity index (χ0) is 19.3. The van der Waals surface area contributed by atoms with Gasteiger partial charge < -0.3 is 20.5 Å². The SMILES string of the molecule is CC(C)Oc1ccc(C(=O)O[C@H](C)C(=O)Nc2sccc2C(N)=O)cc1. The van der Waals surface area contributed by atoms with Crippen molar-refractivity contribution in [1.29, 1.82) is 0 Å². The molecule has 2 aromatic rings. The standard InChI is InChI=1S/C18H20N2O5S/c1-10(2)24-13-6-4-12(5-7-13)18(23)25-11(3)16(22)20-17-14(15(19)21)8-9-26-17/h4-11H,1-3H3,(H2,19,21)(H,20,22)/t11-/m1/s1. The minimum absolute atomic E-state index is 0.0269. The number of hydrogen-bond acceptors (Lipinski definition) is 6. The highest BCUT2D eigenvalue weighted by Crippen LogP contribution is 2.23. The molecular weight excluding hydrogens is 356 g/mol. The van der Waals surface area contributed by atoms with Crippen LogP contribution in [0, 0.1) is 0 Å². The van der Waals surface area contributed by atoms with Crippen molar-refractivity contribution >= 4 is 34.1 Å². The second-order valence-corrected chi connectivity index (χ2v) is 6.67. The van der Waals surface area contributed by atoms with E-state index < -0.39 is 23.9 Å². The molecule has 1 aromatic carbocycles. The lowest BCUT2D eigenvalue weighted by Gasteiger charge is -2.14. The lowest BCUT2D eigenvalue weighted by atomic mass is 10.2. The van der Waals surface area contributed by atoms with Crippen LogP contribution >= 0.6 is 11.3 Å². The summed E-state index contributed by atoms with van der Waals surface area (Å²) in [6, 6.07) is 7.96. The van der Waals surface area contributed by atoms with Gasteiger partial charge in [-0.1, -0.05) is 0 Å². The van der Waals surface area contributed by atoms with Gasteiger partial charge in [0.05, 0.1) is 17.2 Å². The number of ether oxygens (including phenoxy) is 2. The zero-order valence-corrected chi connectivity index (χ0v) is 15.5. The number of thiophene rings is 1. The maximum Gasteiger partial charge on any atom is 0.338 e. The van der Waals surface area contributed by atoms with Crippen LogP contribution in [-0.4, -0.2) is 30.0 Å². The lowest BCUT2D eigenvalue weighted by molar-refractivity contribution is -0.123. The zero-order valence-electron chi connectivity index (χ0n) is 14.6. The molecule has 0 aliphatic heterocycles. The van der Waals surface area contributed by atoms with E-state index in [1.807, 2.05) is 13.8 Å². The Hall–Kier alpha value is -2.87. The maximum atomic E-state index is 12.2. The first-order valence-electron chi connectivity index (χ1n) is 7.93. The van der Waals surface area contributed by atoms with E-state index in [4.69, 9.17) is 15.2 Å². The average molecular weight is 376 g/mol. The summed E-state index contributed by atoms with van der Waals surface area (Å²) in [4.78, 5) is 35.6. The summed E-state index contributed by atoms with van der Waals surface area (Å²) in [5.41, 5.74) is 5.74. The highest BCUT2D eigenvalue weighted by molar-refractivity contribution is 7.14. The predicted molar refractivity (Wildman–Crippen MR) is 98.6 cm³/mol. The quantitative estimate of drug-likeness (QED) is 0.723. The molecule has 0 saturated heterocycles. The third-order valence-electron chi connectivity index (χ3n) is 3.28. The molecule has 0 radical (unpaired) electrons. The van der Waals surface area contributed by atoms with Gasteiger partial charge in [-0.2, -0.15) is 0 Å². The van der Waals surface area contributed by atoms with Crippen LogP contribution in [0.2, 0.25) is 0 Å². The smallest absolute Gasteiger partial charge is 0.338 e. The third-order valence-corrected chi connectivity index (χ3v) is 4.11. The van der Waals surface area contributed by atoms with Gasteiger partial charge in [-0.25, -0.2) is 4.79 Å². The molecule has 2 rings (SSSR count). The van der Waals surface area contributed by atoms with Gasteiger partial charge in [-0.3, -0.25) is 9.59 Å². The van der Waals surface area contributed by atoms with E-state index in [2.05, 4.69) is 5.32 Å². The first kappa shape index (κ1) is 19.5. The molecule has 8 heteroatoms. The molecule has 0 saturated carbocycles. The second kappa shape index (κ2) is 8.48. The number of amides is 2. The number of anilines is 1. The largest absolute Gasteiger partial charge is 0.491 e. The second-order valence-electron chi connectivity index (χ2n) is 5.76. The monoisotopic (exact) mass is 376 g/mol. The Balaban J connectivity index is 1.96. The molecular formula is C18H20N2O5S. The van der Waals surface area contributed by atoms with Gasteiger partial charge in [0.2, 0.25) is 0 Å². The van der Waals surface area contributed by atoms with E-state index >= 15 is 0 Å². The molecule has 0 unspecified atom stereocenters. The van der Waals surface area contributed by atoms with Crippen molar-refractivity contribution in [3.8, 4) is 5.75 Å². The predicted octanol–water partition coefficient (Wildman–Crippen LogP) is 2.82. The normalized spacial score (nSPS) is 11.7. The first-order valence-corrected chi connectivity index (χ1v) is 8.81. The van der Waals surface area contributed by atoms with Gasteiger partial charge in [0.25, 0.3) is 11.8 Å². The van der Waals surface area contributed by atoms with Crippen LogP contribution in [0.4, 0.5) is 5.00 Å². The molecule has 2 amide bonds. The van der Waals surface area contributed by atoms with Crippen molar-refractivity contribution in [3.05, 3.63) is 46.8 Å². The number of esters is 1. The van der Waals surface area contributed by atoms with Crippen molar-refractivity contribution in [2.24, 2.45) is 5.73 Å². The minimum Gasteiger partial charge on any atom is -0.491 e. The van der Waals surface area contributed by atoms with Crippen LogP contribution < -0.4 is 15.8 Å². The molecule has 7 nitrogen and oxygen atoms in total. The molecule has 1 heterocycles. The van der Waals surface area contributed by atoms with Crippen molar-refractivity contribution in [1.82, 2.24) is 0 Å². The summed E-state index contributed by atoms with van der Waals surface area (Å²) in [7, 11) is 0. The number of carbonyl (C=O) groups excluding carboxylic acids is 3. The molecule has 0 bridgehead atoms. The summed E-state index contributed by atoms with van der Waals surface area (Å²) in [5.74, 6) is -1.19. The van der Waals surface area contributed by atoms with Crippen LogP contribution in [0.25, 0.3) is 0 Å². The van der Waals surface area contributed by atoms with Crippen LogP contribution in [0.3, 0.4) is 0 Å². The van der Waals surface area contributed by atoms with E-state index in [0.29, 0.717) is 16.3 Å². The molecule has 1 atom stereocenters. The van der Waals surface area contributed by atoms with E-state index in [-0.39, 0.29) is 11.7 Å². The molecule has 0 aliphatic rings. The summed E-state index contributed by atoms with van der Waals surface area (Å²) >= 11 is 1.16. The first-order chi connectivity index (χ1) is 12.3. The molecule has 3 N–H and O–H groups in total. The number of primary amides is 1. The topological polar surface area (TPSA) is 108 Å². The van der Waals surface area contributed by atoms with Gasteiger partial charge in [0.15, 0.2) is 6.10 Å². The van der Waals surface area contributed by atoms with E-state index in [0.717, 1.165) is 11.3 Å². The van der Waals surface area contributed by atoms with Crippen LogP contribution in [0.15, 0.2) is 35.7 Å². The Kier molecular flexibility index (Phi) is 6.35. The van der Waals surface area contributed by atoms with E-state index in [1.165, 1.54) is 13.0 Å². The average Bonchev–Trinajstić information content (AvgIpc) is 3.03. The van der Waals surface area contributed by atoms with E-state index in [9.17, 15) is 14.4 Å². The fourth-order valence-corrected chi connectivity index (χ4v) is 2.83. The van der Waals surface area contributed by atoms with Gasteiger partial charge in [-0.15, -0.1) is 11.3 Å². The van der Waals surface area contributed by atoms with Crippen molar-refractivity contribution in [2.45, 2.75) is 33.0 Å². The molecule has 138 valence electrons. The van der Waals surface area contributed by atoms with Gasteiger partial charge in [0, 0.05) is 0 Å². The van der Waals surface area contributed by atoms with Crippen LogP contribution in [0.1, 0.15) is 41.5 Å². The Morgan fingerprint density at radius 1 is 1.08 bits per heavy atom. The summed E-state index contributed by atoms with van der Waals surface area (Å²) < 4.78 is 10.7. The molecule has 26 heavy (non-hydrogen) atoms. The van der Waals surface area contributed by atoms with Crippen LogP contribution in [0.5, 0.6) is 5.75 Å². The molecule has 0 aliphatic carbocycles. The van der Waals surface area contributed by atoms with Crippen molar-refractivity contribution in [2.75, 3.05) is 5.32 Å². The van der Waals surface area contributed by atoms with Crippen LogP contribution in [-0.2, 0) is 9.53 Å². The highest BCUT2D eigenvalue weighted by atomic mass is 32.1. The van der Waals surface area contributed by atoms with Gasteiger partial charge in [-0.05, 0) is 56.5 Å². The number of hydrogen-bond donors (Lipinski definition) is 2. The number of nitrogens with two attached hydrogens (primary N) is 1. The Morgan fingerprint density at radius 3 is 2.31 bits per heavy atom. The Morgan fingerprint density at radius 2 is 1.73 bits per heavy atom. The summed E-state index contributed by atoms with van der Waals surface area (Å²) in [6.45, 7) is 5.25. The number of carbonyl (C=O) groups is 3. The maximum absolute atomic E-state index is 12.2. The van der Waals surface area contributed by atoms with Crippen molar-refractivity contribution in [3.63, 3.8) is 0 Å². The molecule has 1 aromatic heterocycles. The minimum atomic E-state index is -1.04. The van der Waals surface area contributed by atoms with Crippen molar-refractivity contribution < 1.29 is 23.9 Å². The van der Waals surface area contributed by atoms with E-state index in [1.54, 1.807) is 29.6 Å². The summed E-state index contributed by atoms with van der Waals surface area (Å²) in [6.07, 6.45) is -1.02. The molecule has 0 fully saturated rings.